The Balaban J connectivity index is 3.50. The van der Waals surface area contributed by atoms with E-state index in [1.807, 2.05) is 0 Å². The molecule has 2 N–H and O–H groups in total. The Morgan fingerprint density at radius 3 is 2.18 bits per heavy atom. The number of carbonyl (C=O) groups is 1. The van der Waals surface area contributed by atoms with Gasteiger partial charge >= 0.3 is 5.97 Å². The van der Waals surface area contributed by atoms with Gasteiger partial charge in [0.15, 0.2) is 5.37 Å². The third-order valence-corrected chi connectivity index (χ3v) is 4.32. The van der Waals surface area contributed by atoms with Crippen molar-refractivity contribution < 1.29 is 9.90 Å². The van der Waals surface area contributed by atoms with Crippen LogP contribution in [0.1, 0.15) is 51.9 Å². The first-order valence-electron chi connectivity index (χ1n) is 8.19. The van der Waals surface area contributed by atoms with Crippen LogP contribution in [0.25, 0.3) is 0 Å². The number of carboxylic acid groups (broad SMARTS) is 1. The van der Waals surface area contributed by atoms with Crippen molar-refractivity contribution in [2.24, 2.45) is 0 Å². The Labute approximate surface area is 140 Å². The Kier molecular flexibility index (Phi) is 15.6. The number of thioether (sulfide) groups is 1. The summed E-state index contributed by atoms with van der Waals surface area (Å²) < 4.78 is 0. The molecular formula is C18H31NO2S. The van der Waals surface area contributed by atoms with Crippen LogP contribution in [0.3, 0.4) is 0 Å². The topological polar surface area (TPSA) is 49.3 Å². The minimum Gasteiger partial charge on any atom is -0.479 e. The second kappa shape index (κ2) is 16.4. The second-order valence-corrected chi connectivity index (χ2v) is 6.26. The highest BCUT2D eigenvalue weighted by Crippen LogP contribution is 2.10. The maximum atomic E-state index is 10.8. The molecule has 0 aliphatic carbocycles. The van der Waals surface area contributed by atoms with Crippen LogP contribution in [0.5, 0.6) is 0 Å². The Morgan fingerprint density at radius 1 is 1.05 bits per heavy atom. The van der Waals surface area contributed by atoms with Crippen LogP contribution < -0.4 is 5.32 Å². The zero-order chi connectivity index (χ0) is 16.5. The van der Waals surface area contributed by atoms with E-state index >= 15 is 0 Å². The molecule has 0 bridgehead atoms. The van der Waals surface area contributed by atoms with Crippen molar-refractivity contribution in [3.05, 3.63) is 36.5 Å². The van der Waals surface area contributed by atoms with Gasteiger partial charge in [-0.3, -0.25) is 5.32 Å². The highest BCUT2D eigenvalue weighted by atomic mass is 32.2. The predicted molar refractivity (Wildman–Crippen MR) is 98.4 cm³/mol. The zero-order valence-electron chi connectivity index (χ0n) is 14.0. The quantitative estimate of drug-likeness (QED) is 0.274. The molecule has 0 aliphatic heterocycles. The van der Waals surface area contributed by atoms with E-state index in [1.54, 1.807) is 7.05 Å². The van der Waals surface area contributed by atoms with E-state index in [4.69, 9.17) is 5.11 Å². The lowest BCUT2D eigenvalue weighted by Gasteiger charge is -2.08. The van der Waals surface area contributed by atoms with E-state index in [-0.39, 0.29) is 0 Å². The lowest BCUT2D eigenvalue weighted by atomic mass is 10.2. The van der Waals surface area contributed by atoms with Crippen LogP contribution in [-0.2, 0) is 4.79 Å². The summed E-state index contributed by atoms with van der Waals surface area (Å²) >= 11 is 1.42. The molecular weight excluding hydrogens is 294 g/mol. The summed E-state index contributed by atoms with van der Waals surface area (Å²) in [5, 5.41) is 11.1. The Bertz CT molecular complexity index is 351. The minimum absolute atomic E-state index is 0.502. The summed E-state index contributed by atoms with van der Waals surface area (Å²) in [6, 6.07) is 0. The maximum absolute atomic E-state index is 10.8. The molecule has 0 saturated heterocycles. The molecule has 0 aromatic heterocycles. The molecule has 126 valence electrons. The standard InChI is InChI=1S/C18H31NO2S/c1-3-4-5-6-7-8-9-10-11-12-13-14-15-16-22-17(19-2)18(20)21/h7-8,10-11,13-14,17,19H,3-6,9,12,15-16H2,1-2H3,(H,20,21)/b8-7-,11-10-,14-13-. The predicted octanol–water partition coefficient (Wildman–Crippen LogP) is 4.77. The number of unbranched alkanes of at least 4 members (excludes halogenated alkanes) is 3. The fourth-order valence-corrected chi connectivity index (χ4v) is 2.64. The summed E-state index contributed by atoms with van der Waals surface area (Å²) in [7, 11) is 1.67. The number of likely N-dealkylation sites (N-methyl/N-ethyl adjacent to an activating group) is 1. The van der Waals surface area contributed by atoms with E-state index in [1.165, 1.54) is 37.4 Å². The van der Waals surface area contributed by atoms with E-state index in [0.29, 0.717) is 0 Å². The molecule has 0 rings (SSSR count). The number of aliphatic carboxylic acids is 1. The van der Waals surface area contributed by atoms with Gasteiger partial charge in [-0.1, -0.05) is 56.2 Å². The smallest absolute Gasteiger partial charge is 0.331 e. The molecule has 1 unspecified atom stereocenters. The van der Waals surface area contributed by atoms with Crippen molar-refractivity contribution in [3.63, 3.8) is 0 Å². The average Bonchev–Trinajstić information content (AvgIpc) is 2.51. The van der Waals surface area contributed by atoms with Crippen LogP contribution in [0.4, 0.5) is 0 Å². The SMILES string of the molecule is CCCCC/C=C\C/C=C\C/C=C\CCSC(NC)C(=O)O. The average molecular weight is 326 g/mol. The summed E-state index contributed by atoms with van der Waals surface area (Å²) in [6.45, 7) is 2.23. The number of carboxylic acids is 1. The summed E-state index contributed by atoms with van der Waals surface area (Å²) in [6.07, 6.45) is 21.1. The van der Waals surface area contributed by atoms with Gasteiger partial charge in [0, 0.05) is 0 Å². The van der Waals surface area contributed by atoms with Gasteiger partial charge in [0.25, 0.3) is 0 Å². The number of hydrogen-bond donors (Lipinski definition) is 2. The minimum atomic E-state index is -0.804. The van der Waals surface area contributed by atoms with Gasteiger partial charge < -0.3 is 5.11 Å². The van der Waals surface area contributed by atoms with Gasteiger partial charge in [0.1, 0.15) is 0 Å². The lowest BCUT2D eigenvalue weighted by Crippen LogP contribution is -2.30. The molecule has 0 aromatic rings. The van der Waals surface area contributed by atoms with E-state index in [2.05, 4.69) is 48.7 Å². The summed E-state index contributed by atoms with van der Waals surface area (Å²) in [5.41, 5.74) is 0. The third kappa shape index (κ3) is 14.0. The summed E-state index contributed by atoms with van der Waals surface area (Å²) in [5.74, 6) is 0.0144. The Morgan fingerprint density at radius 2 is 1.64 bits per heavy atom. The normalized spacial score (nSPS) is 13.5. The van der Waals surface area contributed by atoms with E-state index in [0.717, 1.165) is 25.0 Å². The van der Waals surface area contributed by atoms with Gasteiger partial charge in [-0.05, 0) is 44.9 Å². The van der Waals surface area contributed by atoms with Gasteiger partial charge in [-0.15, -0.1) is 11.8 Å². The molecule has 0 radical (unpaired) electrons. The van der Waals surface area contributed by atoms with Crippen molar-refractivity contribution in [1.82, 2.24) is 5.32 Å². The number of hydrogen-bond acceptors (Lipinski definition) is 3. The fraction of sp³-hybridized carbons (Fsp3) is 0.611. The molecule has 0 amide bonds. The van der Waals surface area contributed by atoms with E-state index in [9.17, 15) is 4.79 Å². The van der Waals surface area contributed by atoms with Crippen LogP contribution in [-0.4, -0.2) is 29.3 Å². The first-order valence-corrected chi connectivity index (χ1v) is 9.23. The molecule has 0 fully saturated rings. The molecule has 0 heterocycles. The van der Waals surface area contributed by atoms with Crippen LogP contribution in [0.2, 0.25) is 0 Å². The molecule has 1 atom stereocenters. The molecule has 0 saturated carbocycles. The molecule has 0 aliphatic rings. The van der Waals surface area contributed by atoms with Crippen molar-refractivity contribution >= 4 is 17.7 Å². The van der Waals surface area contributed by atoms with Gasteiger partial charge in [0.05, 0.1) is 0 Å². The second-order valence-electron chi connectivity index (χ2n) is 5.05. The number of rotatable bonds is 14. The van der Waals surface area contributed by atoms with Crippen LogP contribution in [0, 0.1) is 0 Å². The van der Waals surface area contributed by atoms with Crippen molar-refractivity contribution in [1.29, 1.82) is 0 Å². The highest BCUT2D eigenvalue weighted by molar-refractivity contribution is 8.00. The Hall–Kier alpha value is -1.00. The lowest BCUT2D eigenvalue weighted by molar-refractivity contribution is -0.136. The molecule has 4 heteroatoms. The number of allylic oxidation sites excluding steroid dienone is 6. The first kappa shape index (κ1) is 21.0. The maximum Gasteiger partial charge on any atom is 0.331 e. The zero-order valence-corrected chi connectivity index (χ0v) is 14.8. The van der Waals surface area contributed by atoms with Gasteiger partial charge in [0.2, 0.25) is 0 Å². The summed E-state index contributed by atoms with van der Waals surface area (Å²) in [4.78, 5) is 10.8. The monoisotopic (exact) mass is 325 g/mol. The van der Waals surface area contributed by atoms with Gasteiger partial charge in [-0.25, -0.2) is 4.79 Å². The largest absolute Gasteiger partial charge is 0.479 e. The molecule has 3 nitrogen and oxygen atoms in total. The fourth-order valence-electron chi connectivity index (χ4n) is 1.82. The van der Waals surface area contributed by atoms with Crippen molar-refractivity contribution in [3.8, 4) is 0 Å². The van der Waals surface area contributed by atoms with Crippen molar-refractivity contribution in [2.75, 3.05) is 12.8 Å². The highest BCUT2D eigenvalue weighted by Gasteiger charge is 2.13. The van der Waals surface area contributed by atoms with Crippen LogP contribution >= 0.6 is 11.8 Å². The van der Waals surface area contributed by atoms with Crippen molar-refractivity contribution in [2.45, 2.75) is 57.2 Å². The molecule has 22 heavy (non-hydrogen) atoms. The molecule has 0 spiro atoms. The number of nitrogens with one attached hydrogen (secondary N) is 1. The van der Waals surface area contributed by atoms with Gasteiger partial charge in [-0.2, -0.15) is 0 Å². The van der Waals surface area contributed by atoms with E-state index < -0.39 is 11.3 Å². The third-order valence-electron chi connectivity index (χ3n) is 3.07. The van der Waals surface area contributed by atoms with Crippen LogP contribution in [0.15, 0.2) is 36.5 Å². The first-order chi connectivity index (χ1) is 10.7. The molecule has 0 aromatic carbocycles.